The fourth-order valence-electron chi connectivity index (χ4n) is 2.55. The molecule has 130 valence electrons. The van der Waals surface area contributed by atoms with Crippen LogP contribution in [-0.2, 0) is 9.59 Å². The van der Waals surface area contributed by atoms with Gasteiger partial charge in [-0.05, 0) is 24.2 Å². The fraction of sp³-hybridized carbons (Fsp3) is 0.786. The summed E-state index contributed by atoms with van der Waals surface area (Å²) in [5, 5.41) is 16.2. The first kappa shape index (κ1) is 19.2. The van der Waals surface area contributed by atoms with Gasteiger partial charge in [0.15, 0.2) is 0 Å². The molecule has 9 heteroatoms. The number of nitrogens with two attached hydrogens (primary N) is 1. The Bertz CT molecular complexity index is 504. The number of rotatable bonds is 3. The zero-order valence-electron chi connectivity index (χ0n) is 12.9. The number of carboxylic acid groups (broad SMARTS) is 1. The highest BCUT2D eigenvalue weighted by Gasteiger charge is 2.54. The summed E-state index contributed by atoms with van der Waals surface area (Å²) in [6, 6.07) is 1.59. The van der Waals surface area contributed by atoms with Crippen LogP contribution in [0.25, 0.3) is 0 Å². The van der Waals surface area contributed by atoms with E-state index in [1.54, 1.807) is 4.90 Å². The summed E-state index contributed by atoms with van der Waals surface area (Å²) < 4.78 is 31.7. The Labute approximate surface area is 132 Å². The van der Waals surface area contributed by atoms with Crippen molar-refractivity contribution in [2.24, 2.45) is 23.5 Å². The Morgan fingerprint density at radius 3 is 2.39 bits per heavy atom. The topological polar surface area (TPSA) is 107 Å². The summed E-state index contributed by atoms with van der Waals surface area (Å²) >= 11 is 0. The van der Waals surface area contributed by atoms with Gasteiger partial charge in [-0.3, -0.25) is 4.79 Å². The highest BCUT2D eigenvalue weighted by Crippen LogP contribution is 2.49. The lowest BCUT2D eigenvalue weighted by Gasteiger charge is -2.28. The molecule has 1 amide bonds. The molecule has 0 spiro atoms. The molecule has 0 bridgehead atoms. The minimum Gasteiger partial charge on any atom is -0.475 e. The molecule has 0 unspecified atom stereocenters. The van der Waals surface area contributed by atoms with Crippen molar-refractivity contribution in [1.82, 2.24) is 4.90 Å². The number of carbonyl (C=O) groups excluding carboxylic acids is 1. The molecular formula is C14H20F3N3O3. The molecule has 1 saturated heterocycles. The van der Waals surface area contributed by atoms with Gasteiger partial charge in [0, 0.05) is 6.54 Å². The lowest BCUT2D eigenvalue weighted by atomic mass is 9.98. The van der Waals surface area contributed by atoms with Crippen molar-refractivity contribution in [2.75, 3.05) is 6.54 Å². The number of carbonyl (C=O) groups is 2. The lowest BCUT2D eigenvalue weighted by molar-refractivity contribution is -0.192. The molecule has 0 aromatic heterocycles. The van der Waals surface area contributed by atoms with Crippen molar-refractivity contribution >= 4 is 11.9 Å². The number of likely N-dealkylation sites (tertiary alicyclic amines) is 1. The number of hydrogen-bond acceptors (Lipinski definition) is 4. The minimum atomic E-state index is -5.08. The van der Waals surface area contributed by atoms with E-state index >= 15 is 0 Å². The summed E-state index contributed by atoms with van der Waals surface area (Å²) in [4.78, 5) is 22.7. The van der Waals surface area contributed by atoms with Crippen molar-refractivity contribution in [2.45, 2.75) is 44.9 Å². The van der Waals surface area contributed by atoms with Crippen molar-refractivity contribution in [3.8, 4) is 6.07 Å². The van der Waals surface area contributed by atoms with Crippen LogP contribution in [0, 0.1) is 29.1 Å². The second-order valence-electron chi connectivity index (χ2n) is 5.94. The quantitative estimate of drug-likeness (QED) is 0.810. The third-order valence-corrected chi connectivity index (χ3v) is 4.35. The van der Waals surface area contributed by atoms with Crippen LogP contribution in [0.4, 0.5) is 13.2 Å². The minimum absolute atomic E-state index is 0.0342. The zero-order chi connectivity index (χ0) is 17.9. The molecule has 3 N–H and O–H groups in total. The molecule has 23 heavy (non-hydrogen) atoms. The molecule has 0 aromatic carbocycles. The van der Waals surface area contributed by atoms with Crippen molar-refractivity contribution < 1.29 is 27.9 Å². The Hall–Kier alpha value is -1.82. The molecule has 0 aromatic rings. The number of hydrogen-bond donors (Lipinski definition) is 2. The average molecular weight is 335 g/mol. The Morgan fingerprint density at radius 2 is 2.00 bits per heavy atom. The second kappa shape index (κ2) is 7.17. The summed E-state index contributed by atoms with van der Waals surface area (Å²) in [6.45, 7) is 4.76. The molecule has 2 rings (SSSR count). The van der Waals surface area contributed by atoms with Crippen LogP contribution in [0.1, 0.15) is 26.7 Å². The molecule has 6 nitrogen and oxygen atoms in total. The number of amides is 1. The molecule has 2 fully saturated rings. The van der Waals surface area contributed by atoms with E-state index < -0.39 is 18.2 Å². The molecule has 1 aliphatic heterocycles. The average Bonchev–Trinajstić information content (AvgIpc) is 3.15. The van der Waals surface area contributed by atoms with Gasteiger partial charge in [0.25, 0.3) is 0 Å². The van der Waals surface area contributed by atoms with Crippen LogP contribution in [0.5, 0.6) is 0 Å². The predicted molar refractivity (Wildman–Crippen MR) is 73.8 cm³/mol. The van der Waals surface area contributed by atoms with Crippen molar-refractivity contribution in [1.29, 1.82) is 5.26 Å². The van der Waals surface area contributed by atoms with Gasteiger partial charge in [-0.2, -0.15) is 18.4 Å². The third-order valence-electron chi connectivity index (χ3n) is 4.35. The first-order chi connectivity index (χ1) is 10.5. The summed E-state index contributed by atoms with van der Waals surface area (Å²) in [5.74, 6) is -1.61. The van der Waals surface area contributed by atoms with Gasteiger partial charge in [0.1, 0.15) is 6.04 Å². The number of carboxylic acids is 1. The normalized spacial score (nSPS) is 27.9. The first-order valence-corrected chi connectivity index (χ1v) is 7.30. The van der Waals surface area contributed by atoms with Crippen LogP contribution >= 0.6 is 0 Å². The lowest BCUT2D eigenvalue weighted by Crippen LogP contribution is -2.49. The van der Waals surface area contributed by atoms with E-state index in [-0.39, 0.29) is 17.9 Å². The highest BCUT2D eigenvalue weighted by molar-refractivity contribution is 5.83. The van der Waals surface area contributed by atoms with Crippen LogP contribution in [0.3, 0.4) is 0 Å². The number of halogens is 3. The van der Waals surface area contributed by atoms with E-state index in [4.69, 9.17) is 20.9 Å². The molecular weight excluding hydrogens is 315 g/mol. The predicted octanol–water partition coefficient (Wildman–Crippen LogP) is 1.36. The summed E-state index contributed by atoms with van der Waals surface area (Å²) in [5.41, 5.74) is 5.93. The van der Waals surface area contributed by atoms with Crippen LogP contribution in [-0.4, -0.2) is 46.7 Å². The van der Waals surface area contributed by atoms with Gasteiger partial charge in [-0.15, -0.1) is 0 Å². The SMILES string of the molecule is CC[C@@H](C)[C@H](N)C(=O)N1C[C@H]2C[C@H]2[C@H]1C#N.O=C(O)C(F)(F)F. The van der Waals surface area contributed by atoms with Crippen LogP contribution in [0.2, 0.25) is 0 Å². The number of nitrogens with zero attached hydrogens (tertiary/aromatic N) is 2. The molecule has 5 atom stereocenters. The van der Waals surface area contributed by atoms with Gasteiger partial charge in [-0.25, -0.2) is 4.79 Å². The first-order valence-electron chi connectivity index (χ1n) is 7.30. The van der Waals surface area contributed by atoms with E-state index in [9.17, 15) is 18.0 Å². The van der Waals surface area contributed by atoms with E-state index in [0.717, 1.165) is 19.4 Å². The maximum absolute atomic E-state index is 12.1. The second-order valence-corrected chi connectivity index (χ2v) is 5.94. The van der Waals surface area contributed by atoms with Crippen molar-refractivity contribution in [3.05, 3.63) is 0 Å². The van der Waals surface area contributed by atoms with E-state index in [1.807, 2.05) is 13.8 Å². The Kier molecular flexibility index (Phi) is 5.99. The number of nitriles is 1. The monoisotopic (exact) mass is 335 g/mol. The van der Waals surface area contributed by atoms with E-state index in [2.05, 4.69) is 6.07 Å². The van der Waals surface area contributed by atoms with Gasteiger partial charge in [-0.1, -0.05) is 20.3 Å². The van der Waals surface area contributed by atoms with Gasteiger partial charge in [0.05, 0.1) is 12.1 Å². The van der Waals surface area contributed by atoms with Crippen LogP contribution in [0.15, 0.2) is 0 Å². The fourth-order valence-corrected chi connectivity index (χ4v) is 2.55. The highest BCUT2D eigenvalue weighted by atomic mass is 19.4. The molecule has 1 saturated carbocycles. The zero-order valence-corrected chi connectivity index (χ0v) is 12.9. The third kappa shape index (κ3) is 4.58. The molecule has 2 aliphatic rings. The number of aliphatic carboxylic acids is 1. The summed E-state index contributed by atoms with van der Waals surface area (Å²) in [6.07, 6.45) is -3.08. The molecule has 1 heterocycles. The molecule has 0 radical (unpaired) electrons. The van der Waals surface area contributed by atoms with Gasteiger partial charge >= 0.3 is 12.1 Å². The smallest absolute Gasteiger partial charge is 0.475 e. The van der Waals surface area contributed by atoms with Crippen molar-refractivity contribution in [3.63, 3.8) is 0 Å². The Balaban J connectivity index is 0.000000322. The maximum atomic E-state index is 12.1. The number of alkyl halides is 3. The van der Waals surface area contributed by atoms with E-state index in [1.165, 1.54) is 0 Å². The number of piperidine rings is 1. The summed E-state index contributed by atoms with van der Waals surface area (Å²) in [7, 11) is 0. The van der Waals surface area contributed by atoms with E-state index in [0.29, 0.717) is 11.8 Å². The van der Waals surface area contributed by atoms with Gasteiger partial charge < -0.3 is 15.7 Å². The van der Waals surface area contributed by atoms with Gasteiger partial charge in [0.2, 0.25) is 5.91 Å². The van der Waals surface area contributed by atoms with Crippen LogP contribution < -0.4 is 5.73 Å². The maximum Gasteiger partial charge on any atom is 0.490 e. The standard InChI is InChI=1S/C12H19N3O.C2HF3O2/c1-3-7(2)11(14)12(16)15-6-8-4-9(8)10(15)5-13;3-2(4,5)1(6)7/h7-11H,3-4,6,14H2,1-2H3;(H,6,7)/t7-,8-,9-,10-,11+;/m1./s1. The molecule has 1 aliphatic carbocycles. The largest absolute Gasteiger partial charge is 0.490 e. The number of fused-ring (bicyclic) bond motifs is 1. The Morgan fingerprint density at radius 1 is 1.48 bits per heavy atom.